The molecule has 1 atom stereocenters. The third-order valence-corrected chi connectivity index (χ3v) is 5.61. The fourth-order valence-corrected chi connectivity index (χ4v) is 4.17. The van der Waals surface area contributed by atoms with Gasteiger partial charge in [0.2, 0.25) is 0 Å². The molecule has 7 nitrogen and oxygen atoms in total. The van der Waals surface area contributed by atoms with Crippen molar-refractivity contribution in [2.75, 3.05) is 16.8 Å². The van der Waals surface area contributed by atoms with Crippen LogP contribution in [-0.4, -0.2) is 41.8 Å². The monoisotopic (exact) mass is 364 g/mol. The van der Waals surface area contributed by atoms with Crippen LogP contribution >= 0.6 is 0 Å². The van der Waals surface area contributed by atoms with Crippen molar-refractivity contribution in [2.24, 2.45) is 0 Å². The van der Waals surface area contributed by atoms with Crippen molar-refractivity contribution in [3.8, 4) is 0 Å². The number of carbonyl (C=O) groups excluding carboxylic acids is 1. The number of sulfone groups is 1. The molecule has 1 aliphatic heterocycles. The van der Waals surface area contributed by atoms with Crippen molar-refractivity contribution in [1.82, 2.24) is 15.3 Å². The number of hydrogen-bond acceptors (Lipinski definition) is 6. The molecule has 0 saturated carbocycles. The Morgan fingerprint density at radius 3 is 2.56 bits per heavy atom. The molecule has 2 N–H and O–H groups in total. The van der Waals surface area contributed by atoms with Crippen molar-refractivity contribution < 1.29 is 17.6 Å². The van der Waals surface area contributed by atoms with Crippen LogP contribution in [0, 0.1) is 5.82 Å². The molecule has 9 heteroatoms. The predicted octanol–water partition coefficient (Wildman–Crippen LogP) is 1.14. The highest BCUT2D eigenvalue weighted by atomic mass is 32.2. The molecule has 25 heavy (non-hydrogen) atoms. The summed E-state index contributed by atoms with van der Waals surface area (Å²) in [5.74, 6) is -0.211. The van der Waals surface area contributed by atoms with Gasteiger partial charge in [-0.3, -0.25) is 4.79 Å². The Kier molecular flexibility index (Phi) is 4.93. The van der Waals surface area contributed by atoms with Gasteiger partial charge in [-0.05, 0) is 24.1 Å². The first-order valence-corrected chi connectivity index (χ1v) is 9.55. The van der Waals surface area contributed by atoms with E-state index < -0.39 is 15.7 Å². The number of aromatic nitrogens is 2. The van der Waals surface area contributed by atoms with E-state index in [0.717, 1.165) is 5.56 Å². The first-order valence-electron chi connectivity index (χ1n) is 7.73. The SMILES string of the molecule is O=C(NC1CCS(=O)(=O)C1)c1cnc(NCc2ccc(F)cc2)cn1. The fourth-order valence-electron chi connectivity index (χ4n) is 2.50. The van der Waals surface area contributed by atoms with Gasteiger partial charge in [0.25, 0.3) is 5.91 Å². The molecular weight excluding hydrogens is 347 g/mol. The number of halogens is 1. The van der Waals surface area contributed by atoms with Crippen LogP contribution in [-0.2, 0) is 16.4 Å². The molecule has 1 fully saturated rings. The zero-order valence-corrected chi connectivity index (χ0v) is 14.1. The summed E-state index contributed by atoms with van der Waals surface area (Å²) in [5, 5.41) is 5.68. The van der Waals surface area contributed by atoms with Crippen molar-refractivity contribution in [1.29, 1.82) is 0 Å². The van der Waals surface area contributed by atoms with E-state index in [1.54, 1.807) is 12.1 Å². The number of hydrogen-bond donors (Lipinski definition) is 2. The molecule has 132 valence electrons. The second-order valence-electron chi connectivity index (χ2n) is 5.84. The maximum Gasteiger partial charge on any atom is 0.271 e. The summed E-state index contributed by atoms with van der Waals surface area (Å²) in [5.41, 5.74) is 1.00. The minimum absolute atomic E-state index is 0.0382. The number of nitrogens with zero attached hydrogens (tertiary/aromatic N) is 2. The largest absolute Gasteiger partial charge is 0.365 e. The molecule has 0 radical (unpaired) electrons. The van der Waals surface area contributed by atoms with Gasteiger partial charge in [-0.1, -0.05) is 12.1 Å². The average molecular weight is 364 g/mol. The number of carbonyl (C=O) groups is 1. The average Bonchev–Trinajstić information content (AvgIpc) is 2.93. The first-order chi connectivity index (χ1) is 11.9. The zero-order chi connectivity index (χ0) is 17.9. The summed E-state index contributed by atoms with van der Waals surface area (Å²) in [6.07, 6.45) is 3.16. The van der Waals surface area contributed by atoms with Gasteiger partial charge in [-0.25, -0.2) is 22.8 Å². The van der Waals surface area contributed by atoms with Crippen molar-refractivity contribution >= 4 is 21.6 Å². The van der Waals surface area contributed by atoms with E-state index >= 15 is 0 Å². The summed E-state index contributed by atoms with van der Waals surface area (Å²) in [6.45, 7) is 0.445. The zero-order valence-electron chi connectivity index (χ0n) is 13.3. The number of anilines is 1. The summed E-state index contributed by atoms with van der Waals surface area (Å²) in [6, 6.07) is 5.69. The van der Waals surface area contributed by atoms with Crippen LogP contribution in [0.1, 0.15) is 22.5 Å². The van der Waals surface area contributed by atoms with Gasteiger partial charge in [0, 0.05) is 12.6 Å². The lowest BCUT2D eigenvalue weighted by Crippen LogP contribution is -2.36. The van der Waals surface area contributed by atoms with Crippen LogP contribution in [0.25, 0.3) is 0 Å². The highest BCUT2D eigenvalue weighted by molar-refractivity contribution is 7.91. The number of amides is 1. The molecule has 0 spiro atoms. The Morgan fingerprint density at radius 2 is 1.96 bits per heavy atom. The highest BCUT2D eigenvalue weighted by Gasteiger charge is 2.29. The van der Waals surface area contributed by atoms with Gasteiger partial charge >= 0.3 is 0 Å². The van der Waals surface area contributed by atoms with E-state index in [4.69, 9.17) is 0 Å². The van der Waals surface area contributed by atoms with Crippen molar-refractivity contribution in [2.45, 2.75) is 19.0 Å². The first kappa shape index (κ1) is 17.3. The molecule has 3 rings (SSSR count). The standard InChI is InChI=1S/C16H17FN4O3S/c17-12-3-1-11(2-4-12)7-19-15-9-18-14(8-20-15)16(22)21-13-5-6-25(23,24)10-13/h1-4,8-9,13H,5-7,10H2,(H,19,20)(H,21,22). The second-order valence-corrected chi connectivity index (χ2v) is 8.07. The van der Waals surface area contributed by atoms with Gasteiger partial charge in [0.05, 0.1) is 23.9 Å². The third kappa shape index (κ3) is 4.72. The molecule has 1 unspecified atom stereocenters. The van der Waals surface area contributed by atoms with E-state index in [1.807, 2.05) is 0 Å². The van der Waals surface area contributed by atoms with E-state index in [2.05, 4.69) is 20.6 Å². The Morgan fingerprint density at radius 1 is 1.20 bits per heavy atom. The Hall–Kier alpha value is -2.55. The molecule has 1 amide bonds. The Labute approximate surface area is 144 Å². The molecule has 2 aromatic rings. The van der Waals surface area contributed by atoms with Crippen LogP contribution in [0.2, 0.25) is 0 Å². The summed E-state index contributed by atoms with van der Waals surface area (Å²) < 4.78 is 35.6. The van der Waals surface area contributed by atoms with E-state index in [0.29, 0.717) is 18.8 Å². The van der Waals surface area contributed by atoms with Gasteiger partial charge in [0.15, 0.2) is 9.84 Å². The third-order valence-electron chi connectivity index (χ3n) is 3.84. The molecule has 1 aromatic heterocycles. The van der Waals surface area contributed by atoms with Gasteiger partial charge in [-0.15, -0.1) is 0 Å². The number of benzene rings is 1. The normalized spacial score (nSPS) is 18.7. The van der Waals surface area contributed by atoms with Gasteiger partial charge < -0.3 is 10.6 Å². The molecular formula is C16H17FN4O3S. The molecule has 1 aromatic carbocycles. The van der Waals surface area contributed by atoms with Crippen LogP contribution in [0.5, 0.6) is 0 Å². The van der Waals surface area contributed by atoms with Crippen LogP contribution < -0.4 is 10.6 Å². The summed E-state index contributed by atoms with van der Waals surface area (Å²) in [4.78, 5) is 20.2. The van der Waals surface area contributed by atoms with Gasteiger partial charge in [0.1, 0.15) is 17.3 Å². The minimum atomic E-state index is -3.05. The summed E-state index contributed by atoms with van der Waals surface area (Å²) in [7, 11) is -3.05. The smallest absolute Gasteiger partial charge is 0.271 e. The summed E-state index contributed by atoms with van der Waals surface area (Å²) >= 11 is 0. The number of nitrogens with one attached hydrogen (secondary N) is 2. The lowest BCUT2D eigenvalue weighted by molar-refractivity contribution is 0.0935. The Balaban J connectivity index is 1.54. The quantitative estimate of drug-likeness (QED) is 0.825. The maximum atomic E-state index is 12.8. The van der Waals surface area contributed by atoms with E-state index in [1.165, 1.54) is 24.5 Å². The molecule has 1 aliphatic rings. The maximum absolute atomic E-state index is 12.8. The molecule has 2 heterocycles. The molecule has 0 aliphatic carbocycles. The van der Waals surface area contributed by atoms with Gasteiger partial charge in [-0.2, -0.15) is 0 Å². The Bertz CT molecular complexity index is 854. The predicted molar refractivity (Wildman–Crippen MR) is 90.3 cm³/mol. The second kappa shape index (κ2) is 7.14. The molecule has 0 bridgehead atoms. The van der Waals surface area contributed by atoms with Crippen LogP contribution in [0.3, 0.4) is 0 Å². The van der Waals surface area contributed by atoms with Crippen molar-refractivity contribution in [3.05, 3.63) is 53.7 Å². The van der Waals surface area contributed by atoms with Crippen LogP contribution in [0.15, 0.2) is 36.7 Å². The molecule has 1 saturated heterocycles. The lowest BCUT2D eigenvalue weighted by atomic mass is 10.2. The minimum Gasteiger partial charge on any atom is -0.365 e. The topological polar surface area (TPSA) is 101 Å². The van der Waals surface area contributed by atoms with Crippen molar-refractivity contribution in [3.63, 3.8) is 0 Å². The lowest BCUT2D eigenvalue weighted by Gasteiger charge is -2.10. The van der Waals surface area contributed by atoms with E-state index in [9.17, 15) is 17.6 Å². The fraction of sp³-hybridized carbons (Fsp3) is 0.312. The van der Waals surface area contributed by atoms with Crippen LogP contribution in [0.4, 0.5) is 10.2 Å². The highest BCUT2D eigenvalue weighted by Crippen LogP contribution is 2.12. The number of rotatable bonds is 5. The van der Waals surface area contributed by atoms with E-state index in [-0.39, 0.29) is 29.1 Å².